The molecule has 1 amide bonds. The lowest BCUT2D eigenvalue weighted by molar-refractivity contribution is -0.119. The predicted octanol–water partition coefficient (Wildman–Crippen LogP) is 1.53. The zero-order chi connectivity index (χ0) is 11.2. The third kappa shape index (κ3) is 2.76. The third-order valence-electron chi connectivity index (χ3n) is 2.27. The van der Waals surface area contributed by atoms with Gasteiger partial charge in [0.2, 0.25) is 5.91 Å². The summed E-state index contributed by atoms with van der Waals surface area (Å²) in [5, 5.41) is 2.68. The minimum absolute atomic E-state index is 0.204. The molecule has 16 heavy (non-hydrogen) atoms. The van der Waals surface area contributed by atoms with Crippen LogP contribution in [0.15, 0.2) is 36.7 Å². The van der Waals surface area contributed by atoms with E-state index in [4.69, 9.17) is 0 Å². The molecule has 2 aromatic heterocycles. The fourth-order valence-electron chi connectivity index (χ4n) is 1.47. The van der Waals surface area contributed by atoms with Gasteiger partial charge in [0, 0.05) is 25.4 Å². The highest BCUT2D eigenvalue weighted by Crippen LogP contribution is 2.04. The Morgan fingerprint density at radius 2 is 1.69 bits per heavy atom. The first-order valence-electron chi connectivity index (χ1n) is 5.29. The number of amides is 1. The number of pyridine rings is 2. The lowest BCUT2D eigenvalue weighted by Crippen LogP contribution is -2.12. The Kier molecular flexibility index (Phi) is 3.43. The Labute approximate surface area is 93.7 Å². The molecule has 1 aliphatic heterocycles. The Morgan fingerprint density at radius 1 is 1.06 bits per heavy atom. The van der Waals surface area contributed by atoms with Crippen molar-refractivity contribution in [3.63, 3.8) is 0 Å². The number of rotatable bonds is 0. The molecule has 4 nitrogen and oxygen atoms in total. The standard InChI is InChI=1S/C8H6N2.C4H7NO/c1-3-7-8(9-5-1)4-2-6-10-7;6-4-2-1-3-5-4/h1-6H;1-3H2,(H,5,6). The van der Waals surface area contributed by atoms with Crippen LogP contribution in [0.1, 0.15) is 12.8 Å². The summed E-state index contributed by atoms with van der Waals surface area (Å²) >= 11 is 0. The van der Waals surface area contributed by atoms with E-state index in [-0.39, 0.29) is 5.91 Å². The zero-order valence-corrected chi connectivity index (χ0v) is 8.89. The monoisotopic (exact) mass is 215 g/mol. The van der Waals surface area contributed by atoms with Gasteiger partial charge in [-0.25, -0.2) is 0 Å². The van der Waals surface area contributed by atoms with Crippen molar-refractivity contribution in [2.75, 3.05) is 6.54 Å². The van der Waals surface area contributed by atoms with Crippen molar-refractivity contribution in [3.05, 3.63) is 36.7 Å². The van der Waals surface area contributed by atoms with E-state index in [0.29, 0.717) is 0 Å². The lowest BCUT2D eigenvalue weighted by Gasteiger charge is -1.90. The van der Waals surface area contributed by atoms with Gasteiger partial charge < -0.3 is 5.32 Å². The maximum Gasteiger partial charge on any atom is 0.220 e. The smallest absolute Gasteiger partial charge is 0.220 e. The van der Waals surface area contributed by atoms with Crippen LogP contribution in [0.2, 0.25) is 0 Å². The number of nitrogens with zero attached hydrogens (tertiary/aromatic N) is 2. The van der Waals surface area contributed by atoms with E-state index in [2.05, 4.69) is 15.3 Å². The second-order valence-electron chi connectivity index (χ2n) is 3.50. The van der Waals surface area contributed by atoms with Crippen molar-refractivity contribution in [1.29, 1.82) is 0 Å². The van der Waals surface area contributed by atoms with Crippen LogP contribution in [0, 0.1) is 0 Å². The van der Waals surface area contributed by atoms with Crippen LogP contribution in [-0.4, -0.2) is 22.4 Å². The zero-order valence-electron chi connectivity index (χ0n) is 8.89. The molecule has 1 N–H and O–H groups in total. The Hall–Kier alpha value is -1.97. The van der Waals surface area contributed by atoms with E-state index in [1.54, 1.807) is 12.4 Å². The third-order valence-corrected chi connectivity index (χ3v) is 2.27. The van der Waals surface area contributed by atoms with Crippen LogP contribution in [0.4, 0.5) is 0 Å². The number of aromatic nitrogens is 2. The molecule has 0 aliphatic carbocycles. The van der Waals surface area contributed by atoms with Gasteiger partial charge in [-0.2, -0.15) is 0 Å². The van der Waals surface area contributed by atoms with Gasteiger partial charge >= 0.3 is 0 Å². The molecule has 0 saturated carbocycles. The minimum atomic E-state index is 0.204. The predicted molar refractivity (Wildman–Crippen MR) is 61.8 cm³/mol. The second-order valence-corrected chi connectivity index (χ2v) is 3.50. The highest BCUT2D eigenvalue weighted by molar-refractivity contribution is 5.77. The lowest BCUT2D eigenvalue weighted by atomic mass is 10.3. The van der Waals surface area contributed by atoms with Gasteiger partial charge in [0.1, 0.15) is 0 Å². The Bertz CT molecular complexity index is 411. The van der Waals surface area contributed by atoms with Crippen molar-refractivity contribution < 1.29 is 4.79 Å². The average molecular weight is 215 g/mol. The number of nitrogens with one attached hydrogen (secondary N) is 1. The number of hydrogen-bond acceptors (Lipinski definition) is 3. The molecule has 82 valence electrons. The van der Waals surface area contributed by atoms with Gasteiger partial charge in [0.15, 0.2) is 0 Å². The summed E-state index contributed by atoms with van der Waals surface area (Å²) in [7, 11) is 0. The van der Waals surface area contributed by atoms with Crippen LogP contribution >= 0.6 is 0 Å². The topological polar surface area (TPSA) is 54.9 Å². The van der Waals surface area contributed by atoms with Gasteiger partial charge in [-0.05, 0) is 30.7 Å². The fraction of sp³-hybridized carbons (Fsp3) is 0.250. The molecule has 1 fully saturated rings. The summed E-state index contributed by atoms with van der Waals surface area (Å²) in [4.78, 5) is 18.4. The molecular weight excluding hydrogens is 202 g/mol. The first kappa shape index (κ1) is 10.5. The van der Waals surface area contributed by atoms with Crippen molar-refractivity contribution in [2.45, 2.75) is 12.8 Å². The fourth-order valence-corrected chi connectivity index (χ4v) is 1.47. The molecule has 0 spiro atoms. The minimum Gasteiger partial charge on any atom is -0.356 e. The summed E-state index contributed by atoms with van der Waals surface area (Å²) in [5.41, 5.74) is 1.90. The van der Waals surface area contributed by atoms with Crippen molar-refractivity contribution in [3.8, 4) is 0 Å². The number of carbonyl (C=O) groups is 1. The number of fused-ring (bicyclic) bond motifs is 1. The van der Waals surface area contributed by atoms with Crippen LogP contribution in [0.5, 0.6) is 0 Å². The van der Waals surface area contributed by atoms with Crippen LogP contribution in [0.25, 0.3) is 11.0 Å². The van der Waals surface area contributed by atoms with E-state index in [0.717, 1.165) is 30.4 Å². The first-order valence-corrected chi connectivity index (χ1v) is 5.29. The second kappa shape index (κ2) is 5.21. The molecular formula is C12H13N3O. The number of hydrogen-bond donors (Lipinski definition) is 1. The molecule has 4 heteroatoms. The quantitative estimate of drug-likeness (QED) is 0.725. The molecule has 1 saturated heterocycles. The first-order chi connectivity index (χ1) is 7.86. The maximum atomic E-state index is 10.1. The summed E-state index contributed by atoms with van der Waals surface area (Å²) in [5.74, 6) is 0.204. The van der Waals surface area contributed by atoms with E-state index < -0.39 is 0 Å². The summed E-state index contributed by atoms with van der Waals surface area (Å²) < 4.78 is 0. The van der Waals surface area contributed by atoms with Crippen LogP contribution < -0.4 is 5.32 Å². The molecule has 0 atom stereocenters. The summed E-state index contributed by atoms with van der Waals surface area (Å²) in [6, 6.07) is 7.66. The van der Waals surface area contributed by atoms with Gasteiger partial charge in [-0.1, -0.05) is 0 Å². The SMILES string of the molecule is O=C1CCCN1.c1cnc2cccnc2c1. The largest absolute Gasteiger partial charge is 0.356 e. The molecule has 3 heterocycles. The number of carbonyl (C=O) groups excluding carboxylic acids is 1. The molecule has 0 bridgehead atoms. The van der Waals surface area contributed by atoms with E-state index in [1.807, 2.05) is 24.3 Å². The summed E-state index contributed by atoms with van der Waals surface area (Å²) in [6.07, 6.45) is 5.30. The molecule has 3 rings (SSSR count). The highest BCUT2D eigenvalue weighted by Gasteiger charge is 2.05. The summed E-state index contributed by atoms with van der Waals surface area (Å²) in [6.45, 7) is 0.888. The van der Waals surface area contributed by atoms with Gasteiger partial charge in [0.25, 0.3) is 0 Å². The van der Waals surface area contributed by atoms with E-state index in [9.17, 15) is 4.79 Å². The van der Waals surface area contributed by atoms with Crippen molar-refractivity contribution in [1.82, 2.24) is 15.3 Å². The molecule has 0 unspecified atom stereocenters. The normalized spacial score (nSPS) is 14.1. The van der Waals surface area contributed by atoms with E-state index in [1.165, 1.54) is 0 Å². The average Bonchev–Trinajstić information content (AvgIpc) is 2.81. The van der Waals surface area contributed by atoms with Crippen LogP contribution in [-0.2, 0) is 4.79 Å². The molecule has 0 aromatic carbocycles. The van der Waals surface area contributed by atoms with Gasteiger partial charge in [0.05, 0.1) is 11.0 Å². The molecule has 2 aromatic rings. The van der Waals surface area contributed by atoms with Gasteiger partial charge in [-0.15, -0.1) is 0 Å². The van der Waals surface area contributed by atoms with Gasteiger partial charge in [-0.3, -0.25) is 14.8 Å². The Morgan fingerprint density at radius 3 is 2.06 bits per heavy atom. The molecule has 0 radical (unpaired) electrons. The Balaban J connectivity index is 0.000000138. The molecule has 1 aliphatic rings. The van der Waals surface area contributed by atoms with Crippen molar-refractivity contribution >= 4 is 16.9 Å². The van der Waals surface area contributed by atoms with Crippen LogP contribution in [0.3, 0.4) is 0 Å². The highest BCUT2D eigenvalue weighted by atomic mass is 16.1. The van der Waals surface area contributed by atoms with E-state index >= 15 is 0 Å². The maximum absolute atomic E-state index is 10.1. The van der Waals surface area contributed by atoms with Crippen molar-refractivity contribution in [2.24, 2.45) is 0 Å².